The number of esters is 1. The van der Waals surface area contributed by atoms with Crippen LogP contribution in [0.15, 0.2) is 60.7 Å². The molecule has 3 aromatic carbocycles. The number of aromatic nitrogens is 1. The van der Waals surface area contributed by atoms with E-state index in [1.165, 1.54) is 12.1 Å². The van der Waals surface area contributed by atoms with E-state index >= 15 is 4.39 Å². The van der Waals surface area contributed by atoms with Gasteiger partial charge in [-0.2, -0.15) is 0 Å². The lowest BCUT2D eigenvalue weighted by atomic mass is 10.0. The van der Waals surface area contributed by atoms with Crippen molar-refractivity contribution >= 4 is 16.9 Å². The average Bonchev–Trinajstić information content (AvgIpc) is 3.76. The normalized spacial score (nSPS) is 12.8. The van der Waals surface area contributed by atoms with Gasteiger partial charge in [-0.25, -0.2) is 9.18 Å². The first-order chi connectivity index (χ1) is 18.0. The monoisotopic (exact) mass is 503 g/mol. The highest BCUT2D eigenvalue weighted by molar-refractivity contribution is 6.02. The van der Waals surface area contributed by atoms with Crippen molar-refractivity contribution in [2.24, 2.45) is 0 Å². The molecule has 1 heterocycles. The number of nitrogens with zero attached hydrogens (tertiary/aromatic N) is 1. The average molecular weight is 504 g/mol. The number of rotatable bonds is 9. The van der Waals surface area contributed by atoms with Crippen LogP contribution in [0.25, 0.3) is 10.9 Å². The van der Waals surface area contributed by atoms with E-state index in [2.05, 4.69) is 0 Å². The standard InChI is InChI=1S/C29H26FNO6/c1-4-35-29(32)26-27(17-5-6-17)31-24-16-25(36-20-11-7-18(33-2)8-12-20)23(30)15-22(24)28(26)37-21-13-9-19(34-3)10-14-21/h7-17H,4-6H2,1-3H3. The van der Waals surface area contributed by atoms with Gasteiger partial charge in [-0.1, -0.05) is 0 Å². The van der Waals surface area contributed by atoms with Gasteiger partial charge in [-0.05, 0) is 74.4 Å². The first-order valence-electron chi connectivity index (χ1n) is 12.0. The Labute approximate surface area is 213 Å². The number of carbonyl (C=O) groups is 1. The van der Waals surface area contributed by atoms with Gasteiger partial charge >= 0.3 is 5.97 Å². The molecule has 0 amide bonds. The van der Waals surface area contributed by atoms with E-state index < -0.39 is 11.8 Å². The highest BCUT2D eigenvalue weighted by atomic mass is 19.1. The molecule has 1 saturated carbocycles. The Kier molecular flexibility index (Phi) is 6.81. The van der Waals surface area contributed by atoms with Gasteiger partial charge < -0.3 is 23.7 Å². The molecule has 0 aliphatic heterocycles. The van der Waals surface area contributed by atoms with Crippen molar-refractivity contribution in [3.05, 3.63) is 77.7 Å². The van der Waals surface area contributed by atoms with Gasteiger partial charge in [0.2, 0.25) is 0 Å². The summed E-state index contributed by atoms with van der Waals surface area (Å²) in [4.78, 5) is 17.9. The van der Waals surface area contributed by atoms with Crippen LogP contribution < -0.4 is 18.9 Å². The molecule has 7 nitrogen and oxygen atoms in total. The largest absolute Gasteiger partial charge is 0.497 e. The van der Waals surface area contributed by atoms with Gasteiger partial charge in [0, 0.05) is 17.4 Å². The van der Waals surface area contributed by atoms with Gasteiger partial charge in [0.15, 0.2) is 17.3 Å². The third kappa shape index (κ3) is 5.14. The highest BCUT2D eigenvalue weighted by Crippen LogP contribution is 2.46. The molecule has 0 saturated heterocycles. The minimum Gasteiger partial charge on any atom is -0.497 e. The second kappa shape index (κ2) is 10.3. The molecule has 1 aromatic heterocycles. The number of hydrogen-bond donors (Lipinski definition) is 0. The van der Waals surface area contributed by atoms with Crippen molar-refractivity contribution < 1.29 is 32.9 Å². The molecule has 0 spiro atoms. The van der Waals surface area contributed by atoms with Crippen LogP contribution in [0.2, 0.25) is 0 Å². The molecule has 8 heteroatoms. The molecule has 37 heavy (non-hydrogen) atoms. The van der Waals surface area contributed by atoms with Gasteiger partial charge in [-0.15, -0.1) is 0 Å². The van der Waals surface area contributed by atoms with Crippen LogP contribution in [-0.4, -0.2) is 31.8 Å². The molecule has 1 aliphatic rings. The van der Waals surface area contributed by atoms with Crippen LogP contribution in [-0.2, 0) is 4.74 Å². The Morgan fingerprint density at radius 1 is 0.892 bits per heavy atom. The number of carbonyl (C=O) groups excluding carboxylic acids is 1. The smallest absolute Gasteiger partial charge is 0.343 e. The summed E-state index contributed by atoms with van der Waals surface area (Å²) in [6, 6.07) is 16.5. The van der Waals surface area contributed by atoms with Crippen molar-refractivity contribution in [1.29, 1.82) is 0 Å². The molecule has 190 valence electrons. The first kappa shape index (κ1) is 24.4. The lowest BCUT2D eigenvalue weighted by molar-refractivity contribution is 0.0522. The fourth-order valence-corrected chi connectivity index (χ4v) is 4.02. The van der Waals surface area contributed by atoms with Gasteiger partial charge in [0.25, 0.3) is 0 Å². The first-order valence-corrected chi connectivity index (χ1v) is 12.0. The van der Waals surface area contributed by atoms with Crippen molar-refractivity contribution in [3.63, 3.8) is 0 Å². The van der Waals surface area contributed by atoms with Crippen LogP contribution in [0.4, 0.5) is 4.39 Å². The van der Waals surface area contributed by atoms with E-state index in [1.807, 2.05) is 0 Å². The summed E-state index contributed by atoms with van der Waals surface area (Å²) < 4.78 is 43.1. The minimum absolute atomic E-state index is 0.00574. The molecule has 1 fully saturated rings. The maximum atomic E-state index is 15.4. The quantitative estimate of drug-likeness (QED) is 0.227. The molecule has 5 rings (SSSR count). The van der Waals surface area contributed by atoms with E-state index in [0.29, 0.717) is 39.6 Å². The van der Waals surface area contributed by atoms with Gasteiger partial charge in [0.05, 0.1) is 32.0 Å². The fraction of sp³-hybridized carbons (Fsp3) is 0.241. The zero-order valence-electron chi connectivity index (χ0n) is 20.7. The number of ether oxygens (including phenoxy) is 5. The van der Waals surface area contributed by atoms with Crippen LogP contribution in [0.5, 0.6) is 34.5 Å². The van der Waals surface area contributed by atoms with Crippen molar-refractivity contribution in [3.8, 4) is 34.5 Å². The van der Waals surface area contributed by atoms with E-state index in [4.69, 9.17) is 28.7 Å². The molecular weight excluding hydrogens is 477 g/mol. The molecule has 0 unspecified atom stereocenters. The molecule has 0 atom stereocenters. The van der Waals surface area contributed by atoms with E-state index in [1.54, 1.807) is 69.7 Å². The van der Waals surface area contributed by atoms with Crippen molar-refractivity contribution in [2.45, 2.75) is 25.7 Å². The second-order valence-corrected chi connectivity index (χ2v) is 8.55. The summed E-state index contributed by atoms with van der Waals surface area (Å²) in [5.41, 5.74) is 1.25. The summed E-state index contributed by atoms with van der Waals surface area (Å²) in [5, 5.41) is 0.336. The van der Waals surface area contributed by atoms with Crippen LogP contribution >= 0.6 is 0 Å². The van der Waals surface area contributed by atoms with E-state index in [-0.39, 0.29) is 29.6 Å². The highest BCUT2D eigenvalue weighted by Gasteiger charge is 2.34. The Balaban J connectivity index is 1.64. The summed E-state index contributed by atoms with van der Waals surface area (Å²) in [7, 11) is 3.14. The maximum absolute atomic E-state index is 15.4. The number of benzene rings is 3. The predicted molar refractivity (Wildman–Crippen MR) is 136 cm³/mol. The molecule has 0 N–H and O–H groups in total. The van der Waals surface area contributed by atoms with Crippen LogP contribution in [0.1, 0.15) is 41.7 Å². The summed E-state index contributed by atoms with van der Waals surface area (Å²) in [6.45, 7) is 1.92. The van der Waals surface area contributed by atoms with Crippen LogP contribution in [0.3, 0.4) is 0 Å². The number of pyridine rings is 1. The second-order valence-electron chi connectivity index (χ2n) is 8.55. The van der Waals surface area contributed by atoms with Crippen LogP contribution in [0, 0.1) is 5.82 Å². The van der Waals surface area contributed by atoms with Gasteiger partial charge in [-0.3, -0.25) is 4.98 Å². The topological polar surface area (TPSA) is 76.1 Å². The lowest BCUT2D eigenvalue weighted by Gasteiger charge is -2.18. The number of fused-ring (bicyclic) bond motifs is 1. The maximum Gasteiger partial charge on any atom is 0.343 e. The fourth-order valence-electron chi connectivity index (χ4n) is 4.02. The number of methoxy groups -OCH3 is 2. The zero-order valence-corrected chi connectivity index (χ0v) is 20.7. The molecular formula is C29H26FNO6. The number of hydrogen-bond acceptors (Lipinski definition) is 7. The molecule has 4 aromatic rings. The lowest BCUT2D eigenvalue weighted by Crippen LogP contribution is -2.12. The number of halogens is 1. The Morgan fingerprint density at radius 3 is 2.00 bits per heavy atom. The van der Waals surface area contributed by atoms with E-state index in [0.717, 1.165) is 12.8 Å². The molecule has 0 bridgehead atoms. The third-order valence-electron chi connectivity index (χ3n) is 6.03. The molecule has 1 aliphatic carbocycles. The van der Waals surface area contributed by atoms with Crippen molar-refractivity contribution in [2.75, 3.05) is 20.8 Å². The Bertz CT molecular complexity index is 1430. The SMILES string of the molecule is CCOC(=O)c1c(C2CC2)nc2cc(Oc3ccc(OC)cc3)c(F)cc2c1Oc1ccc(OC)cc1. The molecule has 0 radical (unpaired) electrons. The van der Waals surface area contributed by atoms with E-state index in [9.17, 15) is 4.79 Å². The predicted octanol–water partition coefficient (Wildman–Crippen LogP) is 7.03. The minimum atomic E-state index is -0.626. The Morgan fingerprint density at radius 2 is 1.46 bits per heavy atom. The summed E-state index contributed by atoms with van der Waals surface area (Å²) in [5.74, 6) is 1.34. The van der Waals surface area contributed by atoms with Crippen molar-refractivity contribution in [1.82, 2.24) is 4.98 Å². The Hall–Kier alpha value is -4.33. The summed E-state index contributed by atoms with van der Waals surface area (Å²) in [6.07, 6.45) is 1.78. The summed E-state index contributed by atoms with van der Waals surface area (Å²) >= 11 is 0. The zero-order chi connectivity index (χ0) is 25.9. The van der Waals surface area contributed by atoms with Gasteiger partial charge in [0.1, 0.15) is 28.6 Å². The third-order valence-corrected chi connectivity index (χ3v) is 6.03.